The fraction of sp³-hybridized carbons (Fsp3) is 0.179. The van der Waals surface area contributed by atoms with Crippen molar-refractivity contribution in [2.45, 2.75) is 25.9 Å². The molecule has 0 fully saturated rings. The molecule has 1 aliphatic rings. The SMILES string of the molecule is CCC1=C(CC(=O)On2nnc3ccccc32)c2c(OC)cccc2/C1=C\c1cccc(C(F)(F)F)c1. The van der Waals surface area contributed by atoms with Gasteiger partial charge in [0.05, 0.1) is 19.1 Å². The van der Waals surface area contributed by atoms with E-state index in [9.17, 15) is 18.0 Å². The van der Waals surface area contributed by atoms with Crippen molar-refractivity contribution in [1.82, 2.24) is 15.2 Å². The Hall–Kier alpha value is -4.40. The first-order valence-corrected chi connectivity index (χ1v) is 11.6. The summed E-state index contributed by atoms with van der Waals surface area (Å²) in [5.74, 6) is -0.00123. The lowest BCUT2D eigenvalue weighted by molar-refractivity contribution is -0.144. The van der Waals surface area contributed by atoms with Crippen molar-refractivity contribution in [2.75, 3.05) is 7.11 Å². The summed E-state index contributed by atoms with van der Waals surface area (Å²) in [6.45, 7) is 1.93. The van der Waals surface area contributed by atoms with Gasteiger partial charge in [-0.1, -0.05) is 48.2 Å². The molecule has 0 atom stereocenters. The number of alkyl halides is 3. The maximum absolute atomic E-state index is 13.3. The second-order valence-corrected chi connectivity index (χ2v) is 8.47. The Morgan fingerprint density at radius 1 is 1.03 bits per heavy atom. The molecule has 0 bridgehead atoms. The normalized spacial score (nSPS) is 14.4. The highest BCUT2D eigenvalue weighted by atomic mass is 19.4. The van der Waals surface area contributed by atoms with Crippen LogP contribution in [0.4, 0.5) is 13.2 Å². The number of halogens is 3. The van der Waals surface area contributed by atoms with E-state index in [0.717, 1.165) is 39.3 Å². The van der Waals surface area contributed by atoms with Crippen molar-refractivity contribution in [3.63, 3.8) is 0 Å². The number of hydrogen-bond donors (Lipinski definition) is 0. The average Bonchev–Trinajstić information content (AvgIpc) is 3.42. The van der Waals surface area contributed by atoms with Gasteiger partial charge < -0.3 is 9.57 Å². The number of ether oxygens (including phenoxy) is 1. The summed E-state index contributed by atoms with van der Waals surface area (Å²) in [6.07, 6.45) is -2.28. The van der Waals surface area contributed by atoms with Crippen LogP contribution in [0.3, 0.4) is 0 Å². The first-order valence-electron chi connectivity index (χ1n) is 11.6. The minimum absolute atomic E-state index is 0.0926. The third-order valence-electron chi connectivity index (χ3n) is 6.24. The zero-order valence-corrected chi connectivity index (χ0v) is 20.0. The van der Waals surface area contributed by atoms with Crippen molar-refractivity contribution in [3.05, 3.63) is 94.6 Å². The Morgan fingerprint density at radius 3 is 2.57 bits per heavy atom. The maximum atomic E-state index is 13.3. The summed E-state index contributed by atoms with van der Waals surface area (Å²) in [4.78, 5) is 19.7. The number of benzene rings is 3. The molecular formula is C28H22F3N3O3. The van der Waals surface area contributed by atoms with Crippen LogP contribution in [0.15, 0.2) is 72.3 Å². The molecule has 3 aromatic carbocycles. The molecule has 1 heterocycles. The summed E-state index contributed by atoms with van der Waals surface area (Å²) in [7, 11) is 1.53. The first-order chi connectivity index (χ1) is 17.8. The number of nitrogens with zero attached hydrogens (tertiary/aromatic N) is 3. The maximum Gasteiger partial charge on any atom is 0.416 e. The van der Waals surface area contributed by atoms with Crippen LogP contribution in [-0.4, -0.2) is 28.2 Å². The molecule has 6 nitrogen and oxygen atoms in total. The predicted molar refractivity (Wildman–Crippen MR) is 133 cm³/mol. The molecule has 1 aliphatic carbocycles. The molecule has 5 rings (SSSR count). The largest absolute Gasteiger partial charge is 0.496 e. The number of rotatable bonds is 6. The smallest absolute Gasteiger partial charge is 0.416 e. The topological polar surface area (TPSA) is 66.2 Å². The highest BCUT2D eigenvalue weighted by molar-refractivity contribution is 6.09. The molecule has 0 unspecified atom stereocenters. The van der Waals surface area contributed by atoms with Crippen molar-refractivity contribution < 1.29 is 27.5 Å². The molecule has 188 valence electrons. The highest BCUT2D eigenvalue weighted by Crippen LogP contribution is 2.49. The lowest BCUT2D eigenvalue weighted by Gasteiger charge is -2.11. The molecule has 0 N–H and O–H groups in total. The Morgan fingerprint density at radius 2 is 1.81 bits per heavy atom. The third kappa shape index (κ3) is 4.60. The number of fused-ring (bicyclic) bond motifs is 2. The van der Waals surface area contributed by atoms with Gasteiger partial charge in [-0.3, -0.25) is 0 Å². The summed E-state index contributed by atoms with van der Waals surface area (Å²) >= 11 is 0. The number of para-hydroxylation sites is 1. The van der Waals surface area contributed by atoms with Gasteiger partial charge in [-0.15, -0.1) is 5.10 Å². The molecule has 0 radical (unpaired) electrons. The minimum atomic E-state index is -4.45. The first kappa shape index (κ1) is 24.3. The molecule has 0 aliphatic heterocycles. The number of carbonyl (C=O) groups is 1. The summed E-state index contributed by atoms with van der Waals surface area (Å²) in [5, 5.41) is 7.90. The number of carbonyl (C=O) groups excluding carboxylic acids is 1. The van der Waals surface area contributed by atoms with Crippen molar-refractivity contribution in [2.24, 2.45) is 0 Å². The molecule has 4 aromatic rings. The van der Waals surface area contributed by atoms with Gasteiger partial charge in [0, 0.05) is 5.56 Å². The lowest BCUT2D eigenvalue weighted by atomic mass is 9.97. The van der Waals surface area contributed by atoms with Crippen molar-refractivity contribution >= 4 is 34.2 Å². The molecular weight excluding hydrogens is 483 g/mol. The molecule has 0 amide bonds. The fourth-order valence-electron chi connectivity index (χ4n) is 4.64. The van der Waals surface area contributed by atoms with E-state index in [0.29, 0.717) is 34.3 Å². The lowest BCUT2D eigenvalue weighted by Crippen LogP contribution is -2.21. The van der Waals surface area contributed by atoms with Gasteiger partial charge >= 0.3 is 12.1 Å². The second-order valence-electron chi connectivity index (χ2n) is 8.47. The number of methoxy groups -OCH3 is 1. The summed E-state index contributed by atoms with van der Waals surface area (Å²) < 4.78 is 45.5. The van der Waals surface area contributed by atoms with Crippen LogP contribution < -0.4 is 9.57 Å². The van der Waals surface area contributed by atoms with Crippen LogP contribution in [0, 0.1) is 0 Å². The molecule has 0 spiro atoms. The molecule has 0 saturated heterocycles. The van der Waals surface area contributed by atoms with Gasteiger partial charge in [0.1, 0.15) is 16.8 Å². The van der Waals surface area contributed by atoms with Crippen LogP contribution in [0.25, 0.3) is 28.3 Å². The van der Waals surface area contributed by atoms with Crippen LogP contribution in [0.5, 0.6) is 5.75 Å². The third-order valence-corrected chi connectivity index (χ3v) is 6.24. The van der Waals surface area contributed by atoms with Gasteiger partial charge in [-0.25, -0.2) is 4.79 Å². The van der Waals surface area contributed by atoms with E-state index >= 15 is 0 Å². The summed E-state index contributed by atoms with van der Waals surface area (Å²) in [6, 6.07) is 17.7. The van der Waals surface area contributed by atoms with Gasteiger partial charge in [0.15, 0.2) is 0 Å². The van der Waals surface area contributed by atoms with E-state index < -0.39 is 17.7 Å². The monoisotopic (exact) mass is 505 g/mol. The number of allylic oxidation sites excluding steroid dienone is 2. The zero-order valence-electron chi connectivity index (χ0n) is 20.0. The van der Waals surface area contributed by atoms with E-state index in [2.05, 4.69) is 10.3 Å². The number of hydrogen-bond acceptors (Lipinski definition) is 5. The average molecular weight is 505 g/mol. The fourth-order valence-corrected chi connectivity index (χ4v) is 4.64. The Balaban J connectivity index is 1.56. The standard InChI is InChI=1S/C28H22F3N3O3/c1-3-19-21(15-17-8-6-9-18(14-17)28(29,30)31)20-10-7-13-25(36-2)27(20)22(19)16-26(35)37-34-24-12-5-4-11-23(24)32-33-34/h4-15H,3,16H2,1-2H3/b21-15-. The van der Waals surface area contributed by atoms with Gasteiger partial charge in [-0.2, -0.15) is 13.2 Å². The van der Waals surface area contributed by atoms with Crippen LogP contribution in [-0.2, 0) is 11.0 Å². The van der Waals surface area contributed by atoms with E-state index in [1.165, 1.54) is 13.2 Å². The zero-order chi connectivity index (χ0) is 26.2. The van der Waals surface area contributed by atoms with Crippen molar-refractivity contribution in [3.8, 4) is 5.75 Å². The number of aromatic nitrogens is 3. The van der Waals surface area contributed by atoms with E-state index in [4.69, 9.17) is 9.57 Å². The molecule has 1 aromatic heterocycles. The molecule has 37 heavy (non-hydrogen) atoms. The predicted octanol–water partition coefficient (Wildman–Crippen LogP) is 6.22. The van der Waals surface area contributed by atoms with Crippen molar-refractivity contribution in [1.29, 1.82) is 0 Å². The van der Waals surface area contributed by atoms with Gasteiger partial charge in [0.25, 0.3) is 0 Å². The Labute approximate surface area is 210 Å². The molecule has 0 saturated carbocycles. The Kier molecular flexibility index (Phi) is 6.29. The second kappa shape index (κ2) is 9.57. The van der Waals surface area contributed by atoms with Crippen LogP contribution in [0.2, 0.25) is 0 Å². The van der Waals surface area contributed by atoms with E-state index in [1.54, 1.807) is 36.4 Å². The van der Waals surface area contributed by atoms with Gasteiger partial charge in [-0.05, 0) is 75.9 Å². The van der Waals surface area contributed by atoms with E-state index in [-0.39, 0.29) is 6.42 Å². The highest BCUT2D eigenvalue weighted by Gasteiger charge is 2.32. The quantitative estimate of drug-likeness (QED) is 0.291. The minimum Gasteiger partial charge on any atom is -0.496 e. The summed E-state index contributed by atoms with van der Waals surface area (Å²) in [5.41, 5.74) is 4.59. The van der Waals surface area contributed by atoms with Gasteiger partial charge in [0.2, 0.25) is 0 Å². The van der Waals surface area contributed by atoms with Crippen LogP contribution in [0.1, 0.15) is 42.0 Å². The Bertz CT molecular complexity index is 1570. The van der Waals surface area contributed by atoms with Crippen LogP contribution >= 0.6 is 0 Å². The van der Waals surface area contributed by atoms with E-state index in [1.807, 2.05) is 25.1 Å². The molecule has 9 heteroatoms.